The Morgan fingerprint density at radius 1 is 1.05 bits per heavy atom. The van der Waals surface area contributed by atoms with Crippen LogP contribution in [0.5, 0.6) is 0 Å². The van der Waals surface area contributed by atoms with Gasteiger partial charge >= 0.3 is 13.2 Å². The molecule has 1 aromatic carbocycles. The first-order valence-corrected chi connectivity index (χ1v) is 16.6. The van der Waals surface area contributed by atoms with Crippen molar-refractivity contribution >= 4 is 30.2 Å². The summed E-state index contributed by atoms with van der Waals surface area (Å²) in [5, 5.41) is 6.33. The highest BCUT2D eigenvalue weighted by molar-refractivity contribution is 6.62. The van der Waals surface area contributed by atoms with Crippen molar-refractivity contribution in [1.29, 1.82) is 0 Å². The fraction of sp³-hybridized carbons (Fsp3) is 0.657. The van der Waals surface area contributed by atoms with E-state index in [-0.39, 0.29) is 35.2 Å². The van der Waals surface area contributed by atoms with E-state index in [1.807, 2.05) is 24.9 Å². The fourth-order valence-electron chi connectivity index (χ4n) is 6.21. The predicted molar refractivity (Wildman–Crippen MR) is 177 cm³/mol. The molecule has 3 atom stereocenters. The molecule has 3 unspecified atom stereocenters. The van der Waals surface area contributed by atoms with Crippen molar-refractivity contribution in [2.75, 3.05) is 6.54 Å². The van der Waals surface area contributed by atoms with Gasteiger partial charge in [-0.05, 0) is 101 Å². The maximum Gasteiger partial charge on any atom is 0.494 e. The molecular formula is C35H54BN3O5. The lowest BCUT2D eigenvalue weighted by atomic mass is 9.78. The van der Waals surface area contributed by atoms with Gasteiger partial charge in [0.1, 0.15) is 12.1 Å². The van der Waals surface area contributed by atoms with E-state index in [0.717, 1.165) is 61.7 Å². The normalized spacial score (nSPS) is 23.1. The maximum absolute atomic E-state index is 13.8. The SMILES string of the molecule is C=C(N/C=C(/c1ccc(B2OC(C)(C)C(C)(C)O2)cc1)C(C)CC)C1CCCN1C(=O)C(NC(=O)OC1CCCC1)C(C)C. The molecule has 2 heterocycles. The molecule has 1 aliphatic carbocycles. The van der Waals surface area contributed by atoms with E-state index in [9.17, 15) is 9.59 Å². The number of hydrogen-bond donors (Lipinski definition) is 2. The number of ether oxygens (including phenoxy) is 1. The third-order valence-corrected chi connectivity index (χ3v) is 10.0. The molecule has 0 radical (unpaired) electrons. The lowest BCUT2D eigenvalue weighted by Crippen LogP contribution is -2.53. The molecule has 9 heteroatoms. The summed E-state index contributed by atoms with van der Waals surface area (Å²) in [7, 11) is -0.400. The summed E-state index contributed by atoms with van der Waals surface area (Å²) < 4.78 is 18.1. The maximum atomic E-state index is 13.8. The third kappa shape index (κ3) is 7.71. The van der Waals surface area contributed by atoms with Crippen LogP contribution in [-0.4, -0.2) is 60.0 Å². The third-order valence-electron chi connectivity index (χ3n) is 10.0. The molecule has 1 saturated carbocycles. The van der Waals surface area contributed by atoms with E-state index in [1.54, 1.807) is 0 Å². The average molecular weight is 608 g/mol. The number of hydrogen-bond acceptors (Lipinski definition) is 6. The molecule has 2 amide bonds. The van der Waals surface area contributed by atoms with E-state index in [4.69, 9.17) is 14.0 Å². The van der Waals surface area contributed by atoms with Crippen LogP contribution in [0.15, 0.2) is 42.7 Å². The molecule has 4 rings (SSSR count). The molecule has 8 nitrogen and oxygen atoms in total. The summed E-state index contributed by atoms with van der Waals surface area (Å²) >= 11 is 0. The predicted octanol–water partition coefficient (Wildman–Crippen LogP) is 6.16. The summed E-state index contributed by atoms with van der Waals surface area (Å²) in [6.45, 7) is 21.5. The Hall–Kier alpha value is -2.78. The van der Waals surface area contributed by atoms with Crippen molar-refractivity contribution in [3.63, 3.8) is 0 Å². The standard InChI is InChI=1S/C35H54BN3O5/c1-10-24(4)29(26-17-19-27(20-18-26)36-43-34(6,7)35(8,9)44-36)22-37-25(5)30-16-13-21-39(30)32(40)31(23(2)3)38-33(41)42-28-14-11-12-15-28/h17-20,22-24,28,30-31,37H,5,10-16,21H2,1-4,6-9H3,(H,38,41)/b29-22+. The lowest BCUT2D eigenvalue weighted by Gasteiger charge is -2.32. The van der Waals surface area contributed by atoms with Crippen molar-refractivity contribution in [2.45, 2.75) is 130 Å². The Kier molecular flexibility index (Phi) is 10.9. The summed E-state index contributed by atoms with van der Waals surface area (Å²) in [5.74, 6) is 0.149. The highest BCUT2D eigenvalue weighted by atomic mass is 16.7. The van der Waals surface area contributed by atoms with Gasteiger partial charge < -0.3 is 29.6 Å². The zero-order valence-electron chi connectivity index (χ0n) is 28.2. The second-order valence-electron chi connectivity index (χ2n) is 14.2. The largest absolute Gasteiger partial charge is 0.494 e. The van der Waals surface area contributed by atoms with Crippen LogP contribution < -0.4 is 16.1 Å². The molecular weight excluding hydrogens is 553 g/mol. The molecule has 3 aliphatic rings. The van der Waals surface area contributed by atoms with Gasteiger partial charge in [-0.3, -0.25) is 4.79 Å². The van der Waals surface area contributed by atoms with Crippen LogP contribution in [0.25, 0.3) is 5.57 Å². The van der Waals surface area contributed by atoms with Crippen LogP contribution in [0.3, 0.4) is 0 Å². The first kappa shape index (κ1) is 34.1. The minimum absolute atomic E-state index is 0.0483. The smallest absolute Gasteiger partial charge is 0.446 e. The van der Waals surface area contributed by atoms with E-state index in [0.29, 0.717) is 12.5 Å². The summed E-state index contributed by atoms with van der Waals surface area (Å²) in [4.78, 5) is 28.3. The number of benzene rings is 1. The number of nitrogens with zero attached hydrogens (tertiary/aromatic N) is 1. The Labute approximate surface area is 265 Å². The van der Waals surface area contributed by atoms with Gasteiger partial charge in [0, 0.05) is 18.4 Å². The number of rotatable bonds is 11. The van der Waals surface area contributed by atoms with Gasteiger partial charge in [-0.25, -0.2) is 4.79 Å². The van der Waals surface area contributed by atoms with Crippen molar-refractivity contribution in [3.8, 4) is 0 Å². The van der Waals surface area contributed by atoms with Crippen LogP contribution in [0.2, 0.25) is 0 Å². The van der Waals surface area contributed by atoms with Crippen molar-refractivity contribution in [2.24, 2.45) is 11.8 Å². The Bertz CT molecular complexity index is 1190. The van der Waals surface area contributed by atoms with Gasteiger partial charge in [0.2, 0.25) is 5.91 Å². The van der Waals surface area contributed by atoms with Gasteiger partial charge in [0.15, 0.2) is 0 Å². The highest BCUT2D eigenvalue weighted by Gasteiger charge is 2.51. The zero-order valence-corrected chi connectivity index (χ0v) is 28.2. The van der Waals surface area contributed by atoms with E-state index < -0.39 is 19.3 Å². The monoisotopic (exact) mass is 607 g/mol. The van der Waals surface area contributed by atoms with Gasteiger partial charge in [0.25, 0.3) is 0 Å². The molecule has 1 aromatic rings. The van der Waals surface area contributed by atoms with Crippen molar-refractivity contribution < 1.29 is 23.6 Å². The lowest BCUT2D eigenvalue weighted by molar-refractivity contribution is -0.134. The first-order valence-electron chi connectivity index (χ1n) is 16.6. The molecule has 242 valence electrons. The number of carbonyl (C=O) groups excluding carboxylic acids is 2. The Balaban J connectivity index is 1.43. The topological polar surface area (TPSA) is 89.1 Å². The first-order chi connectivity index (χ1) is 20.7. The number of alkyl carbamates (subject to hydrolysis) is 1. The second-order valence-corrected chi connectivity index (χ2v) is 14.2. The second kappa shape index (κ2) is 14.1. The molecule has 0 bridgehead atoms. The number of allylic oxidation sites excluding steroid dienone is 1. The Morgan fingerprint density at radius 3 is 2.23 bits per heavy atom. The molecule has 0 spiro atoms. The van der Waals surface area contributed by atoms with Crippen LogP contribution in [0.4, 0.5) is 4.79 Å². The molecule has 2 aliphatic heterocycles. The summed E-state index contributed by atoms with van der Waals surface area (Å²) in [5.41, 5.74) is 3.28. The number of nitrogens with one attached hydrogen (secondary N) is 2. The highest BCUT2D eigenvalue weighted by Crippen LogP contribution is 2.36. The molecule has 2 saturated heterocycles. The van der Waals surface area contributed by atoms with Crippen LogP contribution in [-0.2, 0) is 18.8 Å². The van der Waals surface area contributed by atoms with Gasteiger partial charge in [-0.2, -0.15) is 0 Å². The summed E-state index contributed by atoms with van der Waals surface area (Å²) in [6, 6.07) is 7.60. The Morgan fingerprint density at radius 2 is 1.66 bits per heavy atom. The van der Waals surface area contributed by atoms with Crippen LogP contribution in [0.1, 0.15) is 106 Å². The van der Waals surface area contributed by atoms with Crippen LogP contribution in [0, 0.1) is 11.8 Å². The zero-order chi connectivity index (χ0) is 32.2. The van der Waals surface area contributed by atoms with E-state index >= 15 is 0 Å². The van der Waals surface area contributed by atoms with Crippen LogP contribution >= 0.6 is 0 Å². The van der Waals surface area contributed by atoms with Gasteiger partial charge in [-0.15, -0.1) is 0 Å². The average Bonchev–Trinajstić information content (AvgIpc) is 3.71. The quantitative estimate of drug-likeness (QED) is 0.293. The fourth-order valence-corrected chi connectivity index (χ4v) is 6.21. The van der Waals surface area contributed by atoms with Crippen molar-refractivity contribution in [1.82, 2.24) is 15.5 Å². The van der Waals surface area contributed by atoms with Crippen molar-refractivity contribution in [3.05, 3.63) is 48.3 Å². The molecule has 2 N–H and O–H groups in total. The molecule has 3 fully saturated rings. The summed E-state index contributed by atoms with van der Waals surface area (Å²) in [6.07, 6.45) is 8.12. The van der Waals surface area contributed by atoms with E-state index in [2.05, 4.69) is 83.0 Å². The number of likely N-dealkylation sites (tertiary alicyclic amines) is 1. The van der Waals surface area contributed by atoms with Gasteiger partial charge in [0.05, 0.1) is 17.2 Å². The number of amides is 2. The van der Waals surface area contributed by atoms with E-state index in [1.165, 1.54) is 5.57 Å². The molecule has 44 heavy (non-hydrogen) atoms. The van der Waals surface area contributed by atoms with Gasteiger partial charge in [-0.1, -0.05) is 58.5 Å². The minimum atomic E-state index is -0.647. The molecule has 0 aromatic heterocycles. The minimum Gasteiger partial charge on any atom is -0.446 e. The number of carbonyl (C=O) groups is 2.